The Morgan fingerprint density at radius 1 is 1.33 bits per heavy atom. The van der Waals surface area contributed by atoms with Crippen LogP contribution >= 0.6 is 0 Å². The first kappa shape index (κ1) is 16.9. The van der Waals surface area contributed by atoms with Gasteiger partial charge in [-0.15, -0.1) is 0 Å². The lowest BCUT2D eigenvalue weighted by Gasteiger charge is -2.24. The monoisotopic (exact) mass is 278 g/mol. The molecule has 1 unspecified atom stereocenters. The first-order chi connectivity index (χ1) is 7.91. The minimum atomic E-state index is -4.45. The lowest BCUT2D eigenvalue weighted by atomic mass is 10.1. The molecule has 0 bridgehead atoms. The molecule has 7 heteroatoms. The molecule has 1 N–H and O–H groups in total. The molecule has 0 heterocycles. The first-order valence-corrected chi connectivity index (χ1v) is 7.01. The van der Waals surface area contributed by atoms with Gasteiger partial charge < -0.3 is 14.6 Å². The van der Waals surface area contributed by atoms with E-state index in [0.29, 0.717) is 5.41 Å². The number of hydrogen-bond donors (Lipinski definition) is 1. The average molecular weight is 278 g/mol. The normalized spacial score (nSPS) is 14.8. The SMILES string of the molecule is CC(C)C(/C=C/S(=O)(=O)[O-])NC(=O)OC(C)(C)C. The van der Waals surface area contributed by atoms with Gasteiger partial charge in [-0.05, 0) is 26.7 Å². The average Bonchev–Trinajstić information content (AvgIpc) is 2.06. The minimum Gasteiger partial charge on any atom is -0.744 e. The van der Waals surface area contributed by atoms with Crippen molar-refractivity contribution in [2.45, 2.75) is 46.3 Å². The molecule has 0 aliphatic carbocycles. The zero-order chi connectivity index (χ0) is 14.6. The van der Waals surface area contributed by atoms with Gasteiger partial charge >= 0.3 is 6.09 Å². The van der Waals surface area contributed by atoms with Gasteiger partial charge in [0.2, 0.25) is 0 Å². The molecule has 106 valence electrons. The Morgan fingerprint density at radius 3 is 2.17 bits per heavy atom. The lowest BCUT2D eigenvalue weighted by molar-refractivity contribution is 0.0504. The van der Waals surface area contributed by atoms with Crippen molar-refractivity contribution in [1.82, 2.24) is 5.32 Å². The molecule has 0 aromatic heterocycles. The highest BCUT2D eigenvalue weighted by atomic mass is 32.2. The zero-order valence-corrected chi connectivity index (χ0v) is 12.1. The van der Waals surface area contributed by atoms with Crippen LogP contribution in [0, 0.1) is 5.92 Å². The van der Waals surface area contributed by atoms with E-state index in [2.05, 4.69) is 5.32 Å². The van der Waals surface area contributed by atoms with Crippen molar-refractivity contribution < 1.29 is 22.5 Å². The van der Waals surface area contributed by atoms with Gasteiger partial charge in [0.05, 0.1) is 6.04 Å². The predicted molar refractivity (Wildman–Crippen MR) is 66.8 cm³/mol. The molecular weight excluding hydrogens is 258 g/mol. The fourth-order valence-electron chi connectivity index (χ4n) is 1.06. The molecule has 0 aliphatic rings. The lowest BCUT2D eigenvalue weighted by Crippen LogP contribution is -2.40. The van der Waals surface area contributed by atoms with Crippen LogP contribution in [-0.2, 0) is 14.9 Å². The third kappa shape index (κ3) is 9.00. The molecule has 18 heavy (non-hydrogen) atoms. The fraction of sp³-hybridized carbons (Fsp3) is 0.727. The molecule has 6 nitrogen and oxygen atoms in total. The van der Waals surface area contributed by atoms with Crippen molar-refractivity contribution in [2.24, 2.45) is 5.92 Å². The summed E-state index contributed by atoms with van der Waals surface area (Å²) >= 11 is 0. The van der Waals surface area contributed by atoms with Crippen molar-refractivity contribution in [3.8, 4) is 0 Å². The summed E-state index contributed by atoms with van der Waals surface area (Å²) in [4.78, 5) is 11.5. The molecule has 0 spiro atoms. The zero-order valence-electron chi connectivity index (χ0n) is 11.3. The number of nitrogens with one attached hydrogen (secondary N) is 1. The standard InChI is InChI=1S/C11H21NO5S/c1-8(2)9(6-7-18(14,15)16)12-10(13)17-11(3,4)5/h6-9H,1-5H3,(H,12,13)(H,14,15,16)/p-1/b7-6+. The van der Waals surface area contributed by atoms with Crippen LogP contribution in [0.1, 0.15) is 34.6 Å². The van der Waals surface area contributed by atoms with Gasteiger partial charge in [0.1, 0.15) is 15.7 Å². The summed E-state index contributed by atoms with van der Waals surface area (Å²) in [6, 6.07) is -0.580. The van der Waals surface area contributed by atoms with Crippen molar-refractivity contribution in [2.75, 3.05) is 0 Å². The molecule has 1 atom stereocenters. The summed E-state index contributed by atoms with van der Waals surface area (Å²) in [6.45, 7) is 8.71. The molecular formula is C11H20NO5S-. The van der Waals surface area contributed by atoms with E-state index in [1.54, 1.807) is 34.6 Å². The molecule has 0 saturated carbocycles. The van der Waals surface area contributed by atoms with Crippen molar-refractivity contribution in [3.05, 3.63) is 11.5 Å². The Kier molecular flexibility index (Phi) is 5.82. The Hall–Kier alpha value is -1.08. The van der Waals surface area contributed by atoms with Crippen molar-refractivity contribution in [1.29, 1.82) is 0 Å². The smallest absolute Gasteiger partial charge is 0.408 e. The van der Waals surface area contributed by atoms with E-state index in [4.69, 9.17) is 4.74 Å². The molecule has 0 fully saturated rings. The second-order valence-corrected chi connectivity index (χ2v) is 6.50. The van der Waals surface area contributed by atoms with Gasteiger partial charge in [0, 0.05) is 5.41 Å². The van der Waals surface area contributed by atoms with Crippen LogP contribution in [0.3, 0.4) is 0 Å². The van der Waals surface area contributed by atoms with Gasteiger partial charge in [0.15, 0.2) is 0 Å². The van der Waals surface area contributed by atoms with Crippen LogP contribution in [0.2, 0.25) is 0 Å². The summed E-state index contributed by atoms with van der Waals surface area (Å²) < 4.78 is 36.5. The molecule has 0 aliphatic heterocycles. The number of ether oxygens (including phenoxy) is 1. The van der Waals surface area contributed by atoms with Crippen LogP contribution < -0.4 is 5.32 Å². The Morgan fingerprint density at radius 2 is 1.83 bits per heavy atom. The van der Waals surface area contributed by atoms with Gasteiger partial charge in [-0.3, -0.25) is 0 Å². The van der Waals surface area contributed by atoms with Gasteiger partial charge in [-0.1, -0.05) is 19.9 Å². The van der Waals surface area contributed by atoms with E-state index in [0.717, 1.165) is 6.08 Å². The van der Waals surface area contributed by atoms with Crippen LogP contribution in [0.25, 0.3) is 0 Å². The molecule has 0 rings (SSSR count). The maximum Gasteiger partial charge on any atom is 0.408 e. The summed E-state index contributed by atoms with van der Waals surface area (Å²) in [5, 5.41) is 3.03. The minimum absolute atomic E-state index is 0.0736. The molecule has 1 amide bonds. The van der Waals surface area contributed by atoms with Crippen LogP contribution in [0.15, 0.2) is 11.5 Å². The second kappa shape index (κ2) is 6.19. The van der Waals surface area contributed by atoms with E-state index >= 15 is 0 Å². The third-order valence-electron chi connectivity index (χ3n) is 1.85. The fourth-order valence-corrected chi connectivity index (χ4v) is 1.42. The van der Waals surface area contributed by atoms with E-state index < -0.39 is 27.9 Å². The van der Waals surface area contributed by atoms with E-state index in [9.17, 15) is 17.8 Å². The largest absolute Gasteiger partial charge is 0.744 e. The Bertz CT molecular complexity index is 406. The highest BCUT2D eigenvalue weighted by Gasteiger charge is 2.19. The molecule has 0 aromatic carbocycles. The first-order valence-electron chi connectivity index (χ1n) is 5.54. The Balaban J connectivity index is 4.66. The predicted octanol–water partition coefficient (Wildman–Crippen LogP) is 1.59. The maximum atomic E-state index is 11.5. The molecule has 0 radical (unpaired) electrons. The topological polar surface area (TPSA) is 95.5 Å². The Labute approximate surface area is 108 Å². The number of carbonyl (C=O) groups excluding carboxylic acids is 1. The number of hydrogen-bond acceptors (Lipinski definition) is 5. The highest BCUT2D eigenvalue weighted by Crippen LogP contribution is 2.09. The number of rotatable bonds is 4. The summed E-state index contributed by atoms with van der Waals surface area (Å²) in [6.07, 6.45) is 0.492. The van der Waals surface area contributed by atoms with Gasteiger partial charge in [0.25, 0.3) is 0 Å². The third-order valence-corrected chi connectivity index (χ3v) is 2.34. The number of amides is 1. The van der Waals surface area contributed by atoms with E-state index in [1.165, 1.54) is 0 Å². The van der Waals surface area contributed by atoms with Crippen molar-refractivity contribution >= 4 is 16.2 Å². The summed E-state index contributed by atoms with van der Waals surface area (Å²) in [5.74, 6) is -0.0736. The van der Waals surface area contributed by atoms with E-state index in [1.807, 2.05) is 0 Å². The van der Waals surface area contributed by atoms with Gasteiger partial charge in [-0.2, -0.15) is 0 Å². The number of carbonyl (C=O) groups is 1. The quantitative estimate of drug-likeness (QED) is 0.788. The summed E-state index contributed by atoms with van der Waals surface area (Å²) in [5.41, 5.74) is -0.639. The van der Waals surface area contributed by atoms with Crippen LogP contribution in [0.5, 0.6) is 0 Å². The van der Waals surface area contributed by atoms with Crippen LogP contribution in [0.4, 0.5) is 4.79 Å². The number of alkyl carbamates (subject to hydrolysis) is 1. The molecule has 0 aromatic rings. The van der Waals surface area contributed by atoms with Crippen LogP contribution in [-0.4, -0.2) is 30.7 Å². The highest BCUT2D eigenvalue weighted by molar-refractivity contribution is 7.88. The van der Waals surface area contributed by atoms with Gasteiger partial charge in [-0.25, -0.2) is 13.2 Å². The summed E-state index contributed by atoms with van der Waals surface area (Å²) in [7, 11) is -4.45. The second-order valence-electron chi connectivity index (χ2n) is 5.24. The van der Waals surface area contributed by atoms with Crippen molar-refractivity contribution in [3.63, 3.8) is 0 Å². The maximum absolute atomic E-state index is 11.5. The van der Waals surface area contributed by atoms with E-state index in [-0.39, 0.29) is 5.92 Å². The molecule has 0 saturated heterocycles.